The van der Waals surface area contributed by atoms with Crippen LogP contribution in [0.3, 0.4) is 0 Å². The maximum atomic E-state index is 6.32. The van der Waals surface area contributed by atoms with E-state index in [0.717, 1.165) is 30.7 Å². The summed E-state index contributed by atoms with van der Waals surface area (Å²) in [6.07, 6.45) is 0.0135. The maximum absolute atomic E-state index is 6.32. The van der Waals surface area contributed by atoms with E-state index in [1.165, 1.54) is 11.1 Å². The van der Waals surface area contributed by atoms with Crippen LogP contribution >= 0.6 is 15.9 Å². The summed E-state index contributed by atoms with van der Waals surface area (Å²) in [6.45, 7) is 6.21. The van der Waals surface area contributed by atoms with Gasteiger partial charge in [-0.3, -0.25) is 4.90 Å². The van der Waals surface area contributed by atoms with Gasteiger partial charge >= 0.3 is 0 Å². The number of piperazine rings is 1. The van der Waals surface area contributed by atoms with Gasteiger partial charge in [0.25, 0.3) is 0 Å². The van der Waals surface area contributed by atoms with Crippen molar-refractivity contribution in [3.8, 4) is 0 Å². The summed E-state index contributed by atoms with van der Waals surface area (Å²) in [6, 6.07) is 6.30. The third kappa shape index (κ3) is 2.63. The lowest BCUT2D eigenvalue weighted by Crippen LogP contribution is -2.47. The summed E-state index contributed by atoms with van der Waals surface area (Å²) in [7, 11) is 0. The number of hydrogen-bond acceptors (Lipinski definition) is 3. The van der Waals surface area contributed by atoms with E-state index in [-0.39, 0.29) is 6.17 Å². The third-order valence-electron chi connectivity index (χ3n) is 3.10. The molecule has 0 amide bonds. The summed E-state index contributed by atoms with van der Waals surface area (Å²) in [4.78, 5) is 2.32. The summed E-state index contributed by atoms with van der Waals surface area (Å²) in [5, 5.41) is 3.34. The van der Waals surface area contributed by atoms with Gasteiger partial charge in [0.2, 0.25) is 0 Å². The van der Waals surface area contributed by atoms with E-state index in [9.17, 15) is 0 Å². The van der Waals surface area contributed by atoms with Crippen LogP contribution in [0.4, 0.5) is 0 Å². The molecule has 1 aliphatic rings. The van der Waals surface area contributed by atoms with Gasteiger partial charge in [0.05, 0.1) is 6.17 Å². The first kappa shape index (κ1) is 12.0. The zero-order chi connectivity index (χ0) is 11.5. The Balaban J connectivity index is 2.18. The van der Waals surface area contributed by atoms with Crippen molar-refractivity contribution in [2.24, 2.45) is 5.73 Å². The van der Waals surface area contributed by atoms with Crippen molar-refractivity contribution < 1.29 is 0 Å². The Morgan fingerprint density at radius 2 is 2.06 bits per heavy atom. The minimum absolute atomic E-state index is 0.0135. The van der Waals surface area contributed by atoms with E-state index in [4.69, 9.17) is 5.73 Å². The predicted molar refractivity (Wildman–Crippen MR) is 70.3 cm³/mol. The van der Waals surface area contributed by atoms with Crippen LogP contribution in [-0.4, -0.2) is 31.1 Å². The maximum Gasteiger partial charge on any atom is 0.0839 e. The Morgan fingerprint density at radius 1 is 1.38 bits per heavy atom. The molecule has 1 atom stereocenters. The molecule has 0 saturated carbocycles. The number of nitrogens with zero attached hydrogens (tertiary/aromatic N) is 1. The van der Waals surface area contributed by atoms with Crippen LogP contribution < -0.4 is 11.1 Å². The molecule has 1 unspecified atom stereocenters. The molecule has 1 heterocycles. The highest BCUT2D eigenvalue weighted by Crippen LogP contribution is 2.23. The molecule has 0 bridgehead atoms. The molecule has 0 radical (unpaired) electrons. The molecular formula is C12H18BrN3. The van der Waals surface area contributed by atoms with Crippen molar-refractivity contribution in [1.82, 2.24) is 10.2 Å². The van der Waals surface area contributed by atoms with Gasteiger partial charge in [-0.25, -0.2) is 0 Å². The third-order valence-corrected chi connectivity index (χ3v) is 3.60. The zero-order valence-electron chi connectivity index (χ0n) is 9.54. The lowest BCUT2D eigenvalue weighted by molar-refractivity contribution is 0.177. The van der Waals surface area contributed by atoms with Crippen LogP contribution in [0.1, 0.15) is 17.3 Å². The zero-order valence-corrected chi connectivity index (χ0v) is 11.1. The molecule has 0 aliphatic carbocycles. The van der Waals surface area contributed by atoms with E-state index in [0.29, 0.717) is 0 Å². The molecule has 4 heteroatoms. The Labute approximate surface area is 105 Å². The SMILES string of the molecule is Cc1ccc(Br)cc1C(N)N1CCNCC1. The number of hydrogen-bond donors (Lipinski definition) is 2. The molecule has 0 spiro atoms. The first-order valence-electron chi connectivity index (χ1n) is 5.65. The average molecular weight is 284 g/mol. The molecule has 1 aromatic rings. The van der Waals surface area contributed by atoms with E-state index in [1.54, 1.807) is 0 Å². The fourth-order valence-electron chi connectivity index (χ4n) is 2.09. The van der Waals surface area contributed by atoms with Crippen molar-refractivity contribution in [1.29, 1.82) is 0 Å². The van der Waals surface area contributed by atoms with Gasteiger partial charge in [-0.2, -0.15) is 0 Å². The molecule has 16 heavy (non-hydrogen) atoms. The predicted octanol–water partition coefficient (Wildman–Crippen LogP) is 1.62. The van der Waals surface area contributed by atoms with Crippen LogP contribution in [0.2, 0.25) is 0 Å². The summed E-state index contributed by atoms with van der Waals surface area (Å²) < 4.78 is 1.10. The number of aryl methyl sites for hydroxylation is 1. The summed E-state index contributed by atoms with van der Waals surface area (Å²) >= 11 is 3.50. The Hall–Kier alpha value is -0.420. The molecule has 1 aromatic carbocycles. The Kier molecular flexibility index (Phi) is 3.97. The topological polar surface area (TPSA) is 41.3 Å². The first-order valence-corrected chi connectivity index (χ1v) is 6.44. The lowest BCUT2D eigenvalue weighted by atomic mass is 10.1. The second kappa shape index (κ2) is 5.27. The molecule has 2 rings (SSSR count). The highest BCUT2D eigenvalue weighted by molar-refractivity contribution is 9.10. The smallest absolute Gasteiger partial charge is 0.0839 e. The molecule has 3 nitrogen and oxygen atoms in total. The normalized spacial score (nSPS) is 19.7. The fourth-order valence-corrected chi connectivity index (χ4v) is 2.47. The van der Waals surface area contributed by atoms with E-state index in [2.05, 4.69) is 51.3 Å². The minimum Gasteiger partial charge on any atom is -0.314 e. The quantitative estimate of drug-likeness (QED) is 0.867. The van der Waals surface area contributed by atoms with Gasteiger partial charge in [-0.15, -0.1) is 0 Å². The van der Waals surface area contributed by atoms with Crippen LogP contribution in [0.25, 0.3) is 0 Å². The van der Waals surface area contributed by atoms with Crippen LogP contribution in [0.5, 0.6) is 0 Å². The number of nitrogens with two attached hydrogens (primary N) is 1. The van der Waals surface area contributed by atoms with Gasteiger partial charge in [-0.05, 0) is 30.2 Å². The molecule has 1 aliphatic heterocycles. The van der Waals surface area contributed by atoms with Gasteiger partial charge in [0.1, 0.15) is 0 Å². The minimum atomic E-state index is 0.0135. The van der Waals surface area contributed by atoms with Gasteiger partial charge in [0, 0.05) is 30.7 Å². The second-order valence-corrected chi connectivity index (χ2v) is 5.15. The fraction of sp³-hybridized carbons (Fsp3) is 0.500. The molecule has 1 saturated heterocycles. The highest BCUT2D eigenvalue weighted by Gasteiger charge is 2.19. The number of rotatable bonds is 2. The Bertz CT molecular complexity index is 361. The molecule has 88 valence electrons. The average Bonchev–Trinajstić information content (AvgIpc) is 2.32. The van der Waals surface area contributed by atoms with Crippen LogP contribution in [0, 0.1) is 6.92 Å². The standard InChI is InChI=1S/C12H18BrN3/c1-9-2-3-10(13)8-11(9)12(14)16-6-4-15-5-7-16/h2-3,8,12,15H,4-7,14H2,1H3. The van der Waals surface area contributed by atoms with Crippen molar-refractivity contribution in [2.75, 3.05) is 26.2 Å². The van der Waals surface area contributed by atoms with Gasteiger partial charge < -0.3 is 11.1 Å². The van der Waals surface area contributed by atoms with E-state index < -0.39 is 0 Å². The van der Waals surface area contributed by atoms with Gasteiger partial charge in [0.15, 0.2) is 0 Å². The van der Waals surface area contributed by atoms with Crippen molar-refractivity contribution in [3.05, 3.63) is 33.8 Å². The number of halogens is 1. The van der Waals surface area contributed by atoms with Crippen LogP contribution in [-0.2, 0) is 0 Å². The molecular weight excluding hydrogens is 266 g/mol. The second-order valence-electron chi connectivity index (χ2n) is 4.23. The lowest BCUT2D eigenvalue weighted by Gasteiger charge is -2.33. The van der Waals surface area contributed by atoms with Crippen molar-refractivity contribution in [2.45, 2.75) is 13.1 Å². The monoisotopic (exact) mass is 283 g/mol. The number of nitrogens with one attached hydrogen (secondary N) is 1. The number of benzene rings is 1. The first-order chi connectivity index (χ1) is 7.68. The summed E-state index contributed by atoms with van der Waals surface area (Å²) in [5.74, 6) is 0. The largest absolute Gasteiger partial charge is 0.314 e. The molecule has 1 fully saturated rings. The summed E-state index contributed by atoms with van der Waals surface area (Å²) in [5.41, 5.74) is 8.79. The van der Waals surface area contributed by atoms with Crippen molar-refractivity contribution >= 4 is 15.9 Å². The molecule has 0 aromatic heterocycles. The van der Waals surface area contributed by atoms with Crippen LogP contribution in [0.15, 0.2) is 22.7 Å². The van der Waals surface area contributed by atoms with Gasteiger partial charge in [-0.1, -0.05) is 22.0 Å². The van der Waals surface area contributed by atoms with E-state index >= 15 is 0 Å². The highest BCUT2D eigenvalue weighted by atomic mass is 79.9. The Morgan fingerprint density at radius 3 is 2.75 bits per heavy atom. The van der Waals surface area contributed by atoms with E-state index in [1.807, 2.05) is 0 Å². The molecule has 3 N–H and O–H groups in total. The van der Waals surface area contributed by atoms with Crippen molar-refractivity contribution in [3.63, 3.8) is 0 Å².